The van der Waals surface area contributed by atoms with E-state index >= 15 is 0 Å². The Kier molecular flexibility index (Phi) is 5.67. The van der Waals surface area contributed by atoms with Crippen LogP contribution in [-0.4, -0.2) is 60.3 Å². The first-order valence-electron chi connectivity index (χ1n) is 9.05. The second-order valence-electron chi connectivity index (χ2n) is 6.79. The molecule has 1 unspecified atom stereocenters. The SMILES string of the molecule is O=C(O)c1ccc(S(=O)(=O)N2CCCC2C(=O)N2CCCCCCC2)o1. The molecular formula is C17H24N2O6S. The topological polar surface area (TPSA) is 108 Å². The van der Waals surface area contributed by atoms with Crippen molar-refractivity contribution < 1.29 is 27.5 Å². The van der Waals surface area contributed by atoms with Gasteiger partial charge in [-0.05, 0) is 37.8 Å². The normalized spacial score (nSPS) is 22.8. The summed E-state index contributed by atoms with van der Waals surface area (Å²) >= 11 is 0. The molecule has 1 N–H and O–H groups in total. The zero-order chi connectivity index (χ0) is 18.7. The molecule has 0 spiro atoms. The number of amides is 1. The first-order valence-corrected chi connectivity index (χ1v) is 10.5. The Morgan fingerprint density at radius 3 is 2.27 bits per heavy atom. The standard InChI is InChI=1S/C17H24N2O6S/c20-16(18-10-4-2-1-3-5-11-18)13-7-6-12-19(13)26(23,24)15-9-8-14(25-15)17(21)22/h8-9,13H,1-7,10-12H2,(H,21,22). The van der Waals surface area contributed by atoms with Crippen LogP contribution in [0.3, 0.4) is 0 Å². The maximum Gasteiger partial charge on any atom is 0.371 e. The van der Waals surface area contributed by atoms with Crippen LogP contribution in [0.2, 0.25) is 0 Å². The van der Waals surface area contributed by atoms with Crippen LogP contribution in [0.25, 0.3) is 0 Å². The predicted molar refractivity (Wildman–Crippen MR) is 92.2 cm³/mol. The van der Waals surface area contributed by atoms with Crippen molar-refractivity contribution in [3.8, 4) is 0 Å². The van der Waals surface area contributed by atoms with Gasteiger partial charge in [0.25, 0.3) is 10.0 Å². The minimum absolute atomic E-state index is 0.155. The van der Waals surface area contributed by atoms with Crippen molar-refractivity contribution in [3.63, 3.8) is 0 Å². The van der Waals surface area contributed by atoms with Crippen LogP contribution in [0.5, 0.6) is 0 Å². The number of rotatable bonds is 4. The molecule has 26 heavy (non-hydrogen) atoms. The largest absolute Gasteiger partial charge is 0.475 e. The number of carbonyl (C=O) groups is 2. The number of nitrogens with zero attached hydrogens (tertiary/aromatic N) is 2. The Balaban J connectivity index is 1.79. The molecule has 1 atom stereocenters. The van der Waals surface area contributed by atoms with Gasteiger partial charge in [0.2, 0.25) is 16.8 Å². The molecule has 0 bridgehead atoms. The number of furan rings is 1. The van der Waals surface area contributed by atoms with Gasteiger partial charge in [-0.1, -0.05) is 19.3 Å². The highest BCUT2D eigenvalue weighted by atomic mass is 32.2. The number of hydrogen-bond acceptors (Lipinski definition) is 5. The molecule has 0 aromatic carbocycles. The van der Waals surface area contributed by atoms with Crippen molar-refractivity contribution in [1.29, 1.82) is 0 Å². The molecule has 2 saturated heterocycles. The second kappa shape index (κ2) is 7.79. The van der Waals surface area contributed by atoms with E-state index in [0.717, 1.165) is 37.8 Å². The van der Waals surface area contributed by atoms with Gasteiger partial charge in [-0.3, -0.25) is 4.79 Å². The third-order valence-corrected chi connectivity index (χ3v) is 6.79. The van der Waals surface area contributed by atoms with Crippen molar-refractivity contribution in [2.45, 2.75) is 56.1 Å². The van der Waals surface area contributed by atoms with Crippen molar-refractivity contribution in [2.24, 2.45) is 0 Å². The number of carboxylic acids is 1. The van der Waals surface area contributed by atoms with Gasteiger partial charge >= 0.3 is 5.97 Å². The van der Waals surface area contributed by atoms with Gasteiger partial charge in [0.15, 0.2) is 0 Å². The van der Waals surface area contributed by atoms with Crippen LogP contribution in [-0.2, 0) is 14.8 Å². The molecule has 2 fully saturated rings. The summed E-state index contributed by atoms with van der Waals surface area (Å²) in [5, 5.41) is 8.50. The van der Waals surface area contributed by atoms with E-state index in [-0.39, 0.29) is 12.5 Å². The zero-order valence-electron chi connectivity index (χ0n) is 14.6. The van der Waals surface area contributed by atoms with Gasteiger partial charge in [0.1, 0.15) is 6.04 Å². The van der Waals surface area contributed by atoms with Gasteiger partial charge in [-0.15, -0.1) is 0 Å². The Morgan fingerprint density at radius 1 is 1.00 bits per heavy atom. The Morgan fingerprint density at radius 2 is 1.65 bits per heavy atom. The number of carboxylic acid groups (broad SMARTS) is 1. The summed E-state index contributed by atoms with van der Waals surface area (Å²) in [5.74, 6) is -1.92. The molecule has 8 nitrogen and oxygen atoms in total. The van der Waals surface area contributed by atoms with Gasteiger partial charge in [-0.2, -0.15) is 4.31 Å². The molecule has 0 radical (unpaired) electrons. The summed E-state index contributed by atoms with van der Waals surface area (Å²) in [6.07, 6.45) is 6.28. The van der Waals surface area contributed by atoms with Crippen molar-refractivity contribution in [3.05, 3.63) is 17.9 Å². The number of aromatic carboxylic acids is 1. The molecule has 0 saturated carbocycles. The molecule has 2 aliphatic rings. The van der Waals surface area contributed by atoms with Gasteiger partial charge in [-0.25, -0.2) is 13.2 Å². The maximum absolute atomic E-state index is 13.0. The van der Waals surface area contributed by atoms with Crippen molar-refractivity contribution in [1.82, 2.24) is 9.21 Å². The van der Waals surface area contributed by atoms with E-state index in [1.165, 1.54) is 10.7 Å². The number of carbonyl (C=O) groups excluding carboxylic acids is 1. The minimum atomic E-state index is -4.04. The fraction of sp³-hybridized carbons (Fsp3) is 0.647. The monoisotopic (exact) mass is 384 g/mol. The Hall–Kier alpha value is -1.87. The Bertz CT molecular complexity index is 764. The number of sulfonamides is 1. The van der Waals surface area contributed by atoms with E-state index in [1.54, 1.807) is 4.90 Å². The van der Waals surface area contributed by atoms with E-state index in [2.05, 4.69) is 0 Å². The van der Waals surface area contributed by atoms with Crippen LogP contribution in [0.4, 0.5) is 0 Å². The predicted octanol–water partition coefficient (Wildman–Crippen LogP) is 1.92. The van der Waals surface area contributed by atoms with Crippen molar-refractivity contribution >= 4 is 21.9 Å². The maximum atomic E-state index is 13.0. The number of hydrogen-bond donors (Lipinski definition) is 1. The summed E-state index contributed by atoms with van der Waals surface area (Å²) < 4.78 is 31.9. The zero-order valence-corrected chi connectivity index (χ0v) is 15.4. The van der Waals surface area contributed by atoms with E-state index < -0.39 is 32.9 Å². The molecule has 144 valence electrons. The molecule has 3 rings (SSSR count). The van der Waals surface area contributed by atoms with Gasteiger partial charge < -0.3 is 14.4 Å². The summed E-state index contributed by atoms with van der Waals surface area (Å²) in [7, 11) is -4.04. The highest BCUT2D eigenvalue weighted by Crippen LogP contribution is 2.29. The molecular weight excluding hydrogens is 360 g/mol. The van der Waals surface area contributed by atoms with E-state index in [9.17, 15) is 18.0 Å². The lowest BCUT2D eigenvalue weighted by Gasteiger charge is -2.30. The van der Waals surface area contributed by atoms with E-state index in [4.69, 9.17) is 9.52 Å². The molecule has 0 aliphatic carbocycles. The highest BCUT2D eigenvalue weighted by molar-refractivity contribution is 7.89. The molecule has 9 heteroatoms. The van der Waals surface area contributed by atoms with Crippen LogP contribution in [0.1, 0.15) is 55.5 Å². The average Bonchev–Trinajstić information content (AvgIpc) is 3.24. The lowest BCUT2D eigenvalue weighted by Crippen LogP contribution is -2.48. The highest BCUT2D eigenvalue weighted by Gasteiger charge is 2.42. The van der Waals surface area contributed by atoms with E-state index in [0.29, 0.717) is 25.9 Å². The Labute approximate surface area is 152 Å². The second-order valence-corrected chi connectivity index (χ2v) is 8.61. The summed E-state index contributed by atoms with van der Waals surface area (Å²) in [4.78, 5) is 25.7. The smallest absolute Gasteiger partial charge is 0.371 e. The summed E-state index contributed by atoms with van der Waals surface area (Å²) in [5.41, 5.74) is 0. The fourth-order valence-corrected chi connectivity index (χ4v) is 5.21. The third-order valence-electron chi connectivity index (χ3n) is 5.01. The van der Waals surface area contributed by atoms with Crippen molar-refractivity contribution in [2.75, 3.05) is 19.6 Å². The molecule has 1 aromatic rings. The van der Waals surface area contributed by atoms with Gasteiger partial charge in [0.05, 0.1) is 0 Å². The average molecular weight is 384 g/mol. The van der Waals surface area contributed by atoms with Crippen LogP contribution < -0.4 is 0 Å². The number of likely N-dealkylation sites (tertiary alicyclic amines) is 1. The van der Waals surface area contributed by atoms with Crippen LogP contribution >= 0.6 is 0 Å². The third kappa shape index (κ3) is 3.78. The van der Waals surface area contributed by atoms with Crippen LogP contribution in [0, 0.1) is 0 Å². The molecule has 1 aromatic heterocycles. The van der Waals surface area contributed by atoms with Crippen LogP contribution in [0.15, 0.2) is 21.6 Å². The first kappa shape index (κ1) is 18.9. The lowest BCUT2D eigenvalue weighted by atomic mass is 10.1. The molecule has 1 amide bonds. The minimum Gasteiger partial charge on any atom is -0.475 e. The lowest BCUT2D eigenvalue weighted by molar-refractivity contribution is -0.135. The van der Waals surface area contributed by atoms with Gasteiger partial charge in [0, 0.05) is 19.6 Å². The summed E-state index contributed by atoms with van der Waals surface area (Å²) in [6, 6.07) is 1.51. The van der Waals surface area contributed by atoms with E-state index in [1.807, 2.05) is 0 Å². The first-order chi connectivity index (χ1) is 12.4. The molecule has 2 aliphatic heterocycles. The summed E-state index contributed by atoms with van der Waals surface area (Å²) in [6.45, 7) is 1.55. The molecule has 3 heterocycles. The quantitative estimate of drug-likeness (QED) is 0.850. The fourth-order valence-electron chi connectivity index (χ4n) is 3.64.